The van der Waals surface area contributed by atoms with Crippen molar-refractivity contribution in [3.8, 4) is 17.0 Å². The van der Waals surface area contributed by atoms with E-state index in [0.29, 0.717) is 0 Å². The Morgan fingerprint density at radius 2 is 1.39 bits per heavy atom. The Morgan fingerprint density at radius 1 is 0.727 bits per heavy atom. The monoisotopic (exact) mass is 449 g/mol. The summed E-state index contributed by atoms with van der Waals surface area (Å²) in [5, 5.41) is 0. The van der Waals surface area contributed by atoms with Crippen LogP contribution >= 0.6 is 0 Å². The first kappa shape index (κ1) is 25.8. The number of ether oxygens (including phenoxy) is 1. The lowest BCUT2D eigenvalue weighted by Crippen LogP contribution is -2.15. The average molecular weight is 450 g/mol. The minimum absolute atomic E-state index is 0.795. The zero-order valence-electron chi connectivity index (χ0n) is 21.4. The predicted molar refractivity (Wildman–Crippen MR) is 142 cm³/mol. The van der Waals surface area contributed by atoms with Gasteiger partial charge in [0.15, 0.2) is 0 Å². The molecule has 0 atom stereocenters. The van der Waals surface area contributed by atoms with Gasteiger partial charge >= 0.3 is 0 Å². The van der Waals surface area contributed by atoms with E-state index in [-0.39, 0.29) is 0 Å². The normalized spacial score (nSPS) is 18.4. The molecule has 0 bridgehead atoms. The molecule has 1 fully saturated rings. The Bertz CT molecular complexity index is 743. The molecule has 1 saturated carbocycles. The molecule has 1 aliphatic rings. The summed E-state index contributed by atoms with van der Waals surface area (Å²) in [6.07, 6.45) is 22.7. The molecule has 1 heterocycles. The minimum atomic E-state index is 0.795. The van der Waals surface area contributed by atoms with Crippen molar-refractivity contribution in [1.29, 1.82) is 0 Å². The Kier molecular flexibility index (Phi) is 11.8. The van der Waals surface area contributed by atoms with Crippen LogP contribution < -0.4 is 4.74 Å². The zero-order valence-corrected chi connectivity index (χ0v) is 21.4. The highest BCUT2D eigenvalue weighted by Crippen LogP contribution is 2.34. The van der Waals surface area contributed by atoms with Gasteiger partial charge in [-0.15, -0.1) is 0 Å². The van der Waals surface area contributed by atoms with Crippen molar-refractivity contribution in [3.63, 3.8) is 0 Å². The lowest BCUT2D eigenvalue weighted by Gasteiger charge is -2.28. The average Bonchev–Trinajstić information content (AvgIpc) is 2.86. The molecule has 0 radical (unpaired) electrons. The highest BCUT2D eigenvalue weighted by molar-refractivity contribution is 5.60. The first-order valence-corrected chi connectivity index (χ1v) is 14.0. The lowest BCUT2D eigenvalue weighted by molar-refractivity contribution is 0.248. The lowest BCUT2D eigenvalue weighted by atomic mass is 9.78. The fourth-order valence-corrected chi connectivity index (χ4v) is 5.19. The van der Waals surface area contributed by atoms with Gasteiger partial charge in [-0.25, -0.2) is 0 Å². The van der Waals surface area contributed by atoms with Gasteiger partial charge in [-0.3, -0.25) is 4.98 Å². The molecule has 1 aliphatic carbocycles. The molecule has 0 aliphatic heterocycles. The van der Waals surface area contributed by atoms with Crippen LogP contribution in [0, 0.1) is 11.8 Å². The highest BCUT2D eigenvalue weighted by atomic mass is 16.5. The molecule has 1 aromatic carbocycles. The third-order valence-electron chi connectivity index (χ3n) is 7.51. The second-order valence-corrected chi connectivity index (χ2v) is 10.3. The number of aryl methyl sites for hydroxylation is 1. The van der Waals surface area contributed by atoms with Gasteiger partial charge < -0.3 is 4.74 Å². The van der Waals surface area contributed by atoms with Crippen molar-refractivity contribution < 1.29 is 4.74 Å². The van der Waals surface area contributed by atoms with Gasteiger partial charge in [0.1, 0.15) is 5.75 Å². The van der Waals surface area contributed by atoms with Gasteiger partial charge in [0.05, 0.1) is 12.3 Å². The third kappa shape index (κ3) is 9.51. The summed E-state index contributed by atoms with van der Waals surface area (Å²) in [5.74, 6) is 2.88. The Balaban J connectivity index is 1.33. The van der Waals surface area contributed by atoms with Crippen molar-refractivity contribution in [2.24, 2.45) is 11.8 Å². The molecule has 2 nitrogen and oxygen atoms in total. The number of pyridine rings is 1. The molecule has 1 aromatic heterocycles. The van der Waals surface area contributed by atoms with E-state index >= 15 is 0 Å². The standard InChI is InChI=1S/C31H47NO/c1-3-5-7-8-9-10-11-26-12-14-27(15-13-26)16-17-28-18-23-31(32-25-28)29-19-21-30(22-20-29)33-24-6-4-2/h18-23,25-27H,3-17,24H2,1-2H3. The number of nitrogens with zero attached hydrogens (tertiary/aromatic N) is 1. The van der Waals surface area contributed by atoms with E-state index < -0.39 is 0 Å². The van der Waals surface area contributed by atoms with Crippen molar-refractivity contribution in [3.05, 3.63) is 48.2 Å². The van der Waals surface area contributed by atoms with Crippen LogP contribution in [0.4, 0.5) is 0 Å². The molecule has 0 spiro atoms. The molecule has 0 amide bonds. The smallest absolute Gasteiger partial charge is 0.119 e. The van der Waals surface area contributed by atoms with Gasteiger partial charge in [0, 0.05) is 11.8 Å². The van der Waals surface area contributed by atoms with Crippen LogP contribution in [0.5, 0.6) is 5.75 Å². The maximum absolute atomic E-state index is 5.77. The van der Waals surface area contributed by atoms with E-state index in [0.717, 1.165) is 48.3 Å². The summed E-state index contributed by atoms with van der Waals surface area (Å²) in [5.41, 5.74) is 3.59. The first-order valence-electron chi connectivity index (χ1n) is 14.0. The number of hydrogen-bond donors (Lipinski definition) is 0. The minimum Gasteiger partial charge on any atom is -0.494 e. The van der Waals surface area contributed by atoms with Crippen LogP contribution in [0.1, 0.15) is 109 Å². The molecule has 0 N–H and O–H groups in total. The molecular formula is C31H47NO. The Morgan fingerprint density at radius 3 is 2.06 bits per heavy atom. The largest absolute Gasteiger partial charge is 0.494 e. The molecule has 2 aromatic rings. The van der Waals surface area contributed by atoms with E-state index in [9.17, 15) is 0 Å². The number of rotatable bonds is 15. The van der Waals surface area contributed by atoms with Crippen molar-refractivity contribution in [1.82, 2.24) is 4.98 Å². The van der Waals surface area contributed by atoms with Gasteiger partial charge in [-0.05, 0) is 67.0 Å². The van der Waals surface area contributed by atoms with Crippen LogP contribution in [0.15, 0.2) is 42.6 Å². The molecular weight excluding hydrogens is 402 g/mol. The van der Waals surface area contributed by atoms with E-state index in [1.54, 1.807) is 0 Å². The summed E-state index contributed by atoms with van der Waals surface area (Å²) in [6.45, 7) is 5.28. The van der Waals surface area contributed by atoms with Crippen LogP contribution in [0.3, 0.4) is 0 Å². The van der Waals surface area contributed by atoms with Crippen LogP contribution in [-0.4, -0.2) is 11.6 Å². The van der Waals surface area contributed by atoms with E-state index in [2.05, 4.69) is 56.4 Å². The zero-order chi connectivity index (χ0) is 23.1. The summed E-state index contributed by atoms with van der Waals surface area (Å²) in [4.78, 5) is 4.75. The van der Waals surface area contributed by atoms with Crippen molar-refractivity contribution in [2.45, 2.75) is 110 Å². The third-order valence-corrected chi connectivity index (χ3v) is 7.51. The van der Waals surface area contributed by atoms with Crippen molar-refractivity contribution in [2.75, 3.05) is 6.61 Å². The first-order chi connectivity index (χ1) is 16.3. The van der Waals surface area contributed by atoms with E-state index in [1.165, 1.54) is 89.0 Å². The molecule has 33 heavy (non-hydrogen) atoms. The van der Waals surface area contributed by atoms with Crippen molar-refractivity contribution >= 4 is 0 Å². The Hall–Kier alpha value is -1.83. The molecule has 182 valence electrons. The molecule has 2 heteroatoms. The number of hydrogen-bond acceptors (Lipinski definition) is 2. The summed E-state index contributed by atoms with van der Waals surface area (Å²) in [7, 11) is 0. The predicted octanol–water partition coefficient (Wildman–Crippen LogP) is 9.42. The van der Waals surface area contributed by atoms with E-state index in [4.69, 9.17) is 9.72 Å². The fourth-order valence-electron chi connectivity index (χ4n) is 5.19. The molecule has 0 saturated heterocycles. The summed E-state index contributed by atoms with van der Waals surface area (Å²) in [6, 6.07) is 12.8. The second kappa shape index (κ2) is 15.1. The SMILES string of the molecule is CCCCCCCCC1CCC(CCc2ccc(-c3ccc(OCCCC)cc3)nc2)CC1. The van der Waals surface area contributed by atoms with Gasteiger partial charge in [-0.1, -0.05) is 97.0 Å². The maximum atomic E-state index is 5.77. The maximum Gasteiger partial charge on any atom is 0.119 e. The number of aromatic nitrogens is 1. The molecule has 0 unspecified atom stereocenters. The Labute approximate surface area is 203 Å². The number of unbranched alkanes of at least 4 members (excludes halogenated alkanes) is 6. The molecule has 3 rings (SSSR count). The number of benzene rings is 1. The quantitative estimate of drug-likeness (QED) is 0.253. The summed E-state index contributed by atoms with van der Waals surface area (Å²) >= 11 is 0. The van der Waals surface area contributed by atoms with Crippen LogP contribution in [-0.2, 0) is 6.42 Å². The van der Waals surface area contributed by atoms with Gasteiger partial charge in [0.2, 0.25) is 0 Å². The van der Waals surface area contributed by atoms with Crippen LogP contribution in [0.25, 0.3) is 11.3 Å². The topological polar surface area (TPSA) is 22.1 Å². The second-order valence-electron chi connectivity index (χ2n) is 10.3. The van der Waals surface area contributed by atoms with Gasteiger partial charge in [0.25, 0.3) is 0 Å². The fraction of sp³-hybridized carbons (Fsp3) is 0.645. The van der Waals surface area contributed by atoms with Crippen LogP contribution in [0.2, 0.25) is 0 Å². The van der Waals surface area contributed by atoms with Gasteiger partial charge in [-0.2, -0.15) is 0 Å². The summed E-state index contributed by atoms with van der Waals surface area (Å²) < 4.78 is 5.77. The highest BCUT2D eigenvalue weighted by Gasteiger charge is 2.20. The van der Waals surface area contributed by atoms with E-state index in [1.807, 2.05) is 0 Å².